The molecule has 1 saturated heterocycles. The van der Waals surface area contributed by atoms with E-state index >= 15 is 0 Å². The highest BCUT2D eigenvalue weighted by Gasteiger charge is 2.24. The summed E-state index contributed by atoms with van der Waals surface area (Å²) in [6, 6.07) is 0.592. The van der Waals surface area contributed by atoms with Crippen molar-refractivity contribution >= 4 is 5.95 Å². The van der Waals surface area contributed by atoms with Gasteiger partial charge in [0.1, 0.15) is 0 Å². The first-order valence-electron chi connectivity index (χ1n) is 6.69. The number of hydrogen-bond acceptors (Lipinski definition) is 4. The molecule has 1 N–H and O–H groups in total. The van der Waals surface area contributed by atoms with Crippen molar-refractivity contribution in [1.29, 1.82) is 0 Å². The van der Waals surface area contributed by atoms with Crippen LogP contribution < -0.4 is 10.2 Å². The van der Waals surface area contributed by atoms with Crippen molar-refractivity contribution in [2.75, 3.05) is 38.8 Å². The number of methoxy groups -OCH3 is 1. The minimum Gasteiger partial charge on any atom is -0.385 e. The van der Waals surface area contributed by atoms with E-state index in [1.54, 1.807) is 7.11 Å². The summed E-state index contributed by atoms with van der Waals surface area (Å²) < 4.78 is 7.37. The minimum absolute atomic E-state index is 0.592. The summed E-state index contributed by atoms with van der Waals surface area (Å²) in [5.74, 6) is 1.11. The zero-order valence-electron chi connectivity index (χ0n) is 11.6. The molecule has 1 aromatic heterocycles. The average molecular weight is 252 g/mol. The van der Waals surface area contributed by atoms with Crippen molar-refractivity contribution < 1.29 is 4.74 Å². The van der Waals surface area contributed by atoms with Gasteiger partial charge in [0.05, 0.1) is 5.69 Å². The van der Waals surface area contributed by atoms with Crippen LogP contribution in [0, 0.1) is 6.92 Å². The van der Waals surface area contributed by atoms with Gasteiger partial charge in [-0.05, 0) is 26.8 Å². The second kappa shape index (κ2) is 6.20. The molecule has 1 atom stereocenters. The van der Waals surface area contributed by atoms with Crippen molar-refractivity contribution in [2.24, 2.45) is 0 Å². The lowest BCUT2D eigenvalue weighted by atomic mass is 10.3. The number of aromatic nitrogens is 2. The van der Waals surface area contributed by atoms with Crippen molar-refractivity contribution in [3.8, 4) is 0 Å². The van der Waals surface area contributed by atoms with Gasteiger partial charge in [-0.15, -0.1) is 0 Å². The molecule has 2 rings (SSSR count). The highest BCUT2D eigenvalue weighted by Crippen LogP contribution is 2.20. The van der Waals surface area contributed by atoms with Crippen LogP contribution >= 0.6 is 0 Å². The molecule has 1 aliphatic heterocycles. The van der Waals surface area contributed by atoms with Crippen LogP contribution in [0.2, 0.25) is 0 Å². The molecule has 0 bridgehead atoms. The Morgan fingerprint density at radius 3 is 3.06 bits per heavy atom. The first-order valence-corrected chi connectivity index (χ1v) is 6.69. The third-order valence-electron chi connectivity index (χ3n) is 3.50. The number of rotatable bonds is 6. The van der Waals surface area contributed by atoms with Crippen LogP contribution in [0.5, 0.6) is 0 Å². The number of nitrogens with zero attached hydrogens (tertiary/aromatic N) is 3. The van der Waals surface area contributed by atoms with E-state index in [0.29, 0.717) is 6.04 Å². The first kappa shape index (κ1) is 13.4. The number of hydrogen-bond donors (Lipinski definition) is 1. The van der Waals surface area contributed by atoms with Crippen LogP contribution in [-0.4, -0.2) is 49.4 Å². The quantitative estimate of drug-likeness (QED) is 0.768. The van der Waals surface area contributed by atoms with E-state index in [4.69, 9.17) is 4.74 Å². The van der Waals surface area contributed by atoms with Gasteiger partial charge < -0.3 is 19.5 Å². The monoisotopic (exact) mass is 252 g/mol. The fourth-order valence-corrected chi connectivity index (χ4v) is 2.51. The van der Waals surface area contributed by atoms with Crippen molar-refractivity contribution in [3.05, 3.63) is 11.9 Å². The van der Waals surface area contributed by atoms with Crippen LogP contribution in [-0.2, 0) is 11.3 Å². The highest BCUT2D eigenvalue weighted by atomic mass is 16.5. The maximum atomic E-state index is 5.11. The van der Waals surface area contributed by atoms with Gasteiger partial charge in [-0.25, -0.2) is 4.98 Å². The number of anilines is 1. The van der Waals surface area contributed by atoms with Crippen LogP contribution in [0.4, 0.5) is 5.95 Å². The molecule has 0 aromatic carbocycles. The molecule has 5 heteroatoms. The van der Waals surface area contributed by atoms with Gasteiger partial charge in [-0.2, -0.15) is 0 Å². The van der Waals surface area contributed by atoms with E-state index in [1.807, 2.05) is 7.05 Å². The normalized spacial score (nSPS) is 19.7. The summed E-state index contributed by atoms with van der Waals surface area (Å²) in [6.45, 7) is 5.98. The molecular formula is C13H24N4O. The summed E-state index contributed by atoms with van der Waals surface area (Å²) in [7, 11) is 3.78. The lowest BCUT2D eigenvalue weighted by Crippen LogP contribution is -2.30. The summed E-state index contributed by atoms with van der Waals surface area (Å²) >= 11 is 0. The predicted octanol–water partition coefficient (Wildman–Crippen LogP) is 1.03. The molecule has 0 aliphatic carbocycles. The van der Waals surface area contributed by atoms with E-state index in [9.17, 15) is 0 Å². The summed E-state index contributed by atoms with van der Waals surface area (Å²) in [4.78, 5) is 7.04. The lowest BCUT2D eigenvalue weighted by molar-refractivity contribution is 0.190. The number of imidazole rings is 1. The average Bonchev–Trinajstić information content (AvgIpc) is 2.96. The molecule has 18 heavy (non-hydrogen) atoms. The van der Waals surface area contributed by atoms with Crippen LogP contribution in [0.15, 0.2) is 6.20 Å². The fraction of sp³-hybridized carbons (Fsp3) is 0.769. The Morgan fingerprint density at radius 2 is 2.39 bits per heavy atom. The number of likely N-dealkylation sites (N-methyl/N-ethyl adjacent to an activating group) is 1. The Kier molecular flexibility index (Phi) is 4.60. The summed E-state index contributed by atoms with van der Waals surface area (Å²) in [5, 5.41) is 3.34. The number of aryl methyl sites for hydroxylation is 2. The Hall–Kier alpha value is -1.07. The molecule has 0 spiro atoms. The largest absolute Gasteiger partial charge is 0.385 e. The Morgan fingerprint density at radius 1 is 1.56 bits per heavy atom. The highest BCUT2D eigenvalue weighted by molar-refractivity contribution is 5.35. The molecule has 1 aliphatic rings. The standard InChI is InChI=1S/C13H24N4O/c1-11-9-16(6-4-8-18-3)13(15-11)17-7-5-12(10-17)14-2/h9,12,14H,4-8,10H2,1-3H3. The van der Waals surface area contributed by atoms with Crippen molar-refractivity contribution in [3.63, 3.8) is 0 Å². The Labute approximate surface area is 109 Å². The van der Waals surface area contributed by atoms with Gasteiger partial charge in [0.2, 0.25) is 5.95 Å². The maximum absolute atomic E-state index is 5.11. The van der Waals surface area contributed by atoms with Crippen LogP contribution in [0.3, 0.4) is 0 Å². The van der Waals surface area contributed by atoms with Crippen molar-refractivity contribution in [2.45, 2.75) is 32.4 Å². The van der Waals surface area contributed by atoms with Gasteiger partial charge in [0, 0.05) is 45.6 Å². The van der Waals surface area contributed by atoms with E-state index in [0.717, 1.165) is 44.3 Å². The smallest absolute Gasteiger partial charge is 0.205 e. The molecule has 0 saturated carbocycles. The fourth-order valence-electron chi connectivity index (χ4n) is 2.51. The molecule has 102 valence electrons. The summed E-state index contributed by atoms with van der Waals surface area (Å²) in [5.41, 5.74) is 1.09. The molecule has 1 aromatic rings. The Balaban J connectivity index is 2.02. The van der Waals surface area contributed by atoms with Crippen LogP contribution in [0.25, 0.3) is 0 Å². The molecule has 0 amide bonds. The van der Waals surface area contributed by atoms with E-state index in [1.165, 1.54) is 6.42 Å². The SMILES string of the molecule is CNC1CCN(c2nc(C)cn2CCCOC)C1. The van der Waals surface area contributed by atoms with Gasteiger partial charge in [0.15, 0.2) is 0 Å². The molecule has 1 fully saturated rings. The van der Waals surface area contributed by atoms with Crippen molar-refractivity contribution in [1.82, 2.24) is 14.9 Å². The van der Waals surface area contributed by atoms with E-state index in [2.05, 4.69) is 32.9 Å². The van der Waals surface area contributed by atoms with Gasteiger partial charge >= 0.3 is 0 Å². The zero-order chi connectivity index (χ0) is 13.0. The first-order chi connectivity index (χ1) is 8.74. The lowest BCUT2D eigenvalue weighted by Gasteiger charge is -2.19. The molecule has 2 heterocycles. The van der Waals surface area contributed by atoms with E-state index < -0.39 is 0 Å². The maximum Gasteiger partial charge on any atom is 0.205 e. The zero-order valence-corrected chi connectivity index (χ0v) is 11.6. The van der Waals surface area contributed by atoms with Gasteiger partial charge in [-0.1, -0.05) is 0 Å². The summed E-state index contributed by atoms with van der Waals surface area (Å²) in [6.07, 6.45) is 4.36. The molecular weight excluding hydrogens is 228 g/mol. The van der Waals surface area contributed by atoms with E-state index in [-0.39, 0.29) is 0 Å². The molecule has 1 unspecified atom stereocenters. The predicted molar refractivity (Wildman–Crippen MR) is 73.1 cm³/mol. The number of nitrogens with one attached hydrogen (secondary N) is 1. The van der Waals surface area contributed by atoms with Crippen LogP contribution in [0.1, 0.15) is 18.5 Å². The number of ether oxygens (including phenoxy) is 1. The third-order valence-corrected chi connectivity index (χ3v) is 3.50. The van der Waals surface area contributed by atoms with Gasteiger partial charge in [0.25, 0.3) is 0 Å². The topological polar surface area (TPSA) is 42.3 Å². The Bertz CT molecular complexity index is 377. The molecule has 0 radical (unpaired) electrons. The molecule has 5 nitrogen and oxygen atoms in total. The van der Waals surface area contributed by atoms with Gasteiger partial charge in [-0.3, -0.25) is 0 Å². The second-order valence-corrected chi connectivity index (χ2v) is 4.94. The minimum atomic E-state index is 0.592. The third kappa shape index (κ3) is 3.03. The second-order valence-electron chi connectivity index (χ2n) is 4.94.